The highest BCUT2D eigenvalue weighted by Gasteiger charge is 2.36. The summed E-state index contributed by atoms with van der Waals surface area (Å²) in [7, 11) is -3.34. The molecule has 6 nitrogen and oxygen atoms in total. The number of hydrogen-bond donors (Lipinski definition) is 1. The molecule has 2 aromatic rings. The topological polar surface area (TPSA) is 79.4 Å². The van der Waals surface area contributed by atoms with E-state index in [9.17, 15) is 13.2 Å². The molecule has 128 valence electrons. The predicted molar refractivity (Wildman–Crippen MR) is 93.0 cm³/mol. The van der Waals surface area contributed by atoms with Crippen LogP contribution in [-0.4, -0.2) is 49.0 Å². The summed E-state index contributed by atoms with van der Waals surface area (Å²) in [6.45, 7) is 0.882. The summed E-state index contributed by atoms with van der Waals surface area (Å²) in [6.07, 6.45) is 4.87. The number of para-hydroxylation sites is 1. The maximum absolute atomic E-state index is 12.3. The Kier molecular flexibility index (Phi) is 4.82. The van der Waals surface area contributed by atoms with Gasteiger partial charge < -0.3 is 5.32 Å². The molecule has 0 radical (unpaired) electrons. The summed E-state index contributed by atoms with van der Waals surface area (Å²) < 4.78 is 24.7. The van der Waals surface area contributed by atoms with Crippen LogP contribution in [0.5, 0.6) is 0 Å². The normalized spacial score (nSPS) is 18.8. The molecule has 7 heteroatoms. The first-order chi connectivity index (χ1) is 11.5. The van der Waals surface area contributed by atoms with Gasteiger partial charge in [0, 0.05) is 24.7 Å². The molecule has 0 saturated carbocycles. The summed E-state index contributed by atoms with van der Waals surface area (Å²) >= 11 is 0. The minimum absolute atomic E-state index is 0.217. The van der Waals surface area contributed by atoms with Crippen molar-refractivity contribution in [2.45, 2.75) is 25.3 Å². The first kappa shape index (κ1) is 16.9. The van der Waals surface area contributed by atoms with Gasteiger partial charge in [-0.15, -0.1) is 0 Å². The van der Waals surface area contributed by atoms with Crippen molar-refractivity contribution in [2.24, 2.45) is 0 Å². The number of nitrogens with zero attached hydrogens (tertiary/aromatic N) is 2. The maximum atomic E-state index is 12.3. The molecule has 1 aliphatic heterocycles. The van der Waals surface area contributed by atoms with Crippen LogP contribution in [0.25, 0.3) is 10.9 Å². The third-order valence-corrected chi connectivity index (χ3v) is 5.63. The number of amides is 1. The summed E-state index contributed by atoms with van der Waals surface area (Å²) in [4.78, 5) is 16.7. The van der Waals surface area contributed by atoms with Crippen LogP contribution < -0.4 is 5.32 Å². The minimum Gasteiger partial charge on any atom is -0.354 e. The second-order valence-electron chi connectivity index (χ2n) is 6.07. The van der Waals surface area contributed by atoms with Gasteiger partial charge in [0.25, 0.3) is 0 Å². The average molecular weight is 347 g/mol. The molecular weight excluding hydrogens is 326 g/mol. The Morgan fingerprint density at radius 2 is 2.12 bits per heavy atom. The van der Waals surface area contributed by atoms with E-state index in [1.165, 1.54) is 4.31 Å². The van der Waals surface area contributed by atoms with E-state index in [2.05, 4.69) is 10.3 Å². The van der Waals surface area contributed by atoms with Gasteiger partial charge in [-0.2, -0.15) is 4.31 Å². The lowest BCUT2D eigenvalue weighted by Gasteiger charge is -2.21. The molecule has 1 amide bonds. The van der Waals surface area contributed by atoms with Crippen molar-refractivity contribution in [2.75, 3.05) is 19.3 Å². The van der Waals surface area contributed by atoms with E-state index < -0.39 is 16.1 Å². The van der Waals surface area contributed by atoms with Gasteiger partial charge in [0.15, 0.2) is 0 Å². The number of aromatic nitrogens is 1. The smallest absolute Gasteiger partial charge is 0.238 e. The van der Waals surface area contributed by atoms with Crippen molar-refractivity contribution in [1.29, 1.82) is 0 Å². The van der Waals surface area contributed by atoms with Crippen molar-refractivity contribution in [3.8, 4) is 0 Å². The van der Waals surface area contributed by atoms with Crippen molar-refractivity contribution in [3.05, 3.63) is 42.1 Å². The van der Waals surface area contributed by atoms with Crippen molar-refractivity contribution in [3.63, 3.8) is 0 Å². The number of rotatable bonds is 5. The molecule has 1 aliphatic rings. The highest BCUT2D eigenvalue weighted by molar-refractivity contribution is 7.88. The second-order valence-corrected chi connectivity index (χ2v) is 8.00. The molecule has 1 aromatic carbocycles. The van der Waals surface area contributed by atoms with Gasteiger partial charge in [-0.25, -0.2) is 8.42 Å². The highest BCUT2D eigenvalue weighted by atomic mass is 32.2. The van der Waals surface area contributed by atoms with Gasteiger partial charge in [-0.3, -0.25) is 9.78 Å². The number of fused-ring (bicyclic) bond motifs is 1. The summed E-state index contributed by atoms with van der Waals surface area (Å²) in [5, 5.41) is 3.94. The number of nitrogens with one attached hydrogen (secondary N) is 1. The van der Waals surface area contributed by atoms with Gasteiger partial charge in [0.2, 0.25) is 15.9 Å². The third-order valence-electron chi connectivity index (χ3n) is 4.34. The molecular formula is C17H21N3O3S. The summed E-state index contributed by atoms with van der Waals surface area (Å²) in [5.74, 6) is -0.217. The van der Waals surface area contributed by atoms with Crippen LogP contribution >= 0.6 is 0 Å². The van der Waals surface area contributed by atoms with Crippen molar-refractivity contribution >= 4 is 26.8 Å². The molecule has 1 saturated heterocycles. The lowest BCUT2D eigenvalue weighted by Crippen LogP contribution is -2.45. The van der Waals surface area contributed by atoms with Crippen LogP contribution in [0.15, 0.2) is 36.5 Å². The van der Waals surface area contributed by atoms with Gasteiger partial charge in [0.05, 0.1) is 11.8 Å². The average Bonchev–Trinajstić information content (AvgIpc) is 3.05. The van der Waals surface area contributed by atoms with Gasteiger partial charge in [0.1, 0.15) is 6.04 Å². The van der Waals surface area contributed by atoms with Crippen LogP contribution in [0.2, 0.25) is 0 Å². The van der Waals surface area contributed by atoms with E-state index in [1.54, 1.807) is 6.20 Å². The Bertz CT molecular complexity index is 846. The molecule has 0 aliphatic carbocycles. The Hall–Kier alpha value is -1.99. The lowest BCUT2D eigenvalue weighted by molar-refractivity contribution is -0.124. The number of pyridine rings is 1. The van der Waals surface area contributed by atoms with Gasteiger partial charge in [-0.1, -0.05) is 24.3 Å². The van der Waals surface area contributed by atoms with Crippen LogP contribution in [0.3, 0.4) is 0 Å². The van der Waals surface area contributed by atoms with E-state index in [1.807, 2.05) is 30.3 Å². The first-order valence-corrected chi connectivity index (χ1v) is 9.89. The van der Waals surface area contributed by atoms with Gasteiger partial charge in [-0.05, 0) is 30.9 Å². The molecule has 0 bridgehead atoms. The first-order valence-electron chi connectivity index (χ1n) is 8.04. The fraction of sp³-hybridized carbons (Fsp3) is 0.412. The fourth-order valence-corrected chi connectivity index (χ4v) is 4.33. The van der Waals surface area contributed by atoms with E-state index in [-0.39, 0.29) is 5.91 Å². The number of carbonyl (C=O) groups excluding carboxylic acids is 1. The predicted octanol–water partition coefficient (Wildman–Crippen LogP) is 1.32. The molecule has 1 N–H and O–H groups in total. The Morgan fingerprint density at radius 1 is 1.33 bits per heavy atom. The highest BCUT2D eigenvalue weighted by Crippen LogP contribution is 2.20. The van der Waals surface area contributed by atoms with Crippen molar-refractivity contribution < 1.29 is 13.2 Å². The van der Waals surface area contributed by atoms with Crippen molar-refractivity contribution in [1.82, 2.24) is 14.6 Å². The Labute approximate surface area is 141 Å². The van der Waals surface area contributed by atoms with Crippen LogP contribution in [0.1, 0.15) is 18.4 Å². The number of sulfonamides is 1. The largest absolute Gasteiger partial charge is 0.354 e. The monoisotopic (exact) mass is 347 g/mol. The fourth-order valence-electron chi connectivity index (χ4n) is 3.21. The number of hydrogen-bond acceptors (Lipinski definition) is 4. The number of benzene rings is 1. The van der Waals surface area contributed by atoms with E-state index in [0.29, 0.717) is 25.9 Å². The third kappa shape index (κ3) is 3.57. The standard InChI is InChI=1S/C17H21N3O3S/c1-24(22,23)20-12-4-8-15(20)17(21)19-11-9-14-6-2-5-13-7-3-10-18-16(13)14/h2-3,5-7,10,15H,4,8-9,11-12H2,1H3,(H,19,21). The van der Waals surface area contributed by atoms with Gasteiger partial charge >= 0.3 is 0 Å². The molecule has 1 aromatic heterocycles. The molecule has 2 heterocycles. The molecule has 1 unspecified atom stereocenters. The Morgan fingerprint density at radius 3 is 2.92 bits per heavy atom. The molecule has 0 spiro atoms. The lowest BCUT2D eigenvalue weighted by atomic mass is 10.1. The van der Waals surface area contributed by atoms with Crippen LogP contribution in [0.4, 0.5) is 0 Å². The van der Waals surface area contributed by atoms with E-state index >= 15 is 0 Å². The summed E-state index contributed by atoms with van der Waals surface area (Å²) in [5.41, 5.74) is 2.01. The zero-order valence-corrected chi connectivity index (χ0v) is 14.4. The zero-order chi connectivity index (χ0) is 17.2. The second kappa shape index (κ2) is 6.86. The molecule has 1 atom stereocenters. The van der Waals surface area contributed by atoms with E-state index in [0.717, 1.165) is 29.1 Å². The van der Waals surface area contributed by atoms with Crippen LogP contribution in [-0.2, 0) is 21.2 Å². The maximum Gasteiger partial charge on any atom is 0.238 e. The van der Waals surface area contributed by atoms with Crippen LogP contribution in [0, 0.1) is 0 Å². The zero-order valence-electron chi connectivity index (χ0n) is 13.6. The SMILES string of the molecule is CS(=O)(=O)N1CCCC1C(=O)NCCc1cccc2cccnc12. The molecule has 3 rings (SSSR count). The molecule has 24 heavy (non-hydrogen) atoms. The molecule has 1 fully saturated rings. The Balaban J connectivity index is 1.63. The quantitative estimate of drug-likeness (QED) is 0.885. The van der Waals surface area contributed by atoms with E-state index in [4.69, 9.17) is 0 Å². The minimum atomic E-state index is -3.34. The number of carbonyl (C=O) groups is 1. The summed E-state index contributed by atoms with van der Waals surface area (Å²) in [6, 6.07) is 9.31.